The fourth-order valence-electron chi connectivity index (χ4n) is 2.94. The highest BCUT2D eigenvalue weighted by molar-refractivity contribution is 5.73. The van der Waals surface area contributed by atoms with Gasteiger partial charge in [0, 0.05) is 18.9 Å². The summed E-state index contributed by atoms with van der Waals surface area (Å²) in [4.78, 5) is 19.7. The number of fused-ring (bicyclic) bond motifs is 1. The van der Waals surface area contributed by atoms with Gasteiger partial charge in [0.2, 0.25) is 0 Å². The summed E-state index contributed by atoms with van der Waals surface area (Å²) in [5.41, 5.74) is 0.606. The Kier molecular flexibility index (Phi) is 3.80. The van der Waals surface area contributed by atoms with Gasteiger partial charge in [-0.25, -0.2) is 9.67 Å². The lowest BCUT2D eigenvalue weighted by Gasteiger charge is -2.29. The van der Waals surface area contributed by atoms with Crippen molar-refractivity contribution in [2.45, 2.75) is 39.7 Å². The van der Waals surface area contributed by atoms with Gasteiger partial charge in [0.25, 0.3) is 5.56 Å². The Labute approximate surface area is 123 Å². The molecule has 0 amide bonds. The second-order valence-corrected chi connectivity index (χ2v) is 6.35. The first kappa shape index (κ1) is 14.3. The average Bonchev–Trinajstić information content (AvgIpc) is 2.83. The van der Waals surface area contributed by atoms with Crippen LogP contribution in [0.15, 0.2) is 11.0 Å². The maximum Gasteiger partial charge on any atom is 0.262 e. The number of ether oxygens (including phenoxy) is 1. The van der Waals surface area contributed by atoms with Crippen molar-refractivity contribution < 1.29 is 4.74 Å². The molecule has 1 aliphatic rings. The van der Waals surface area contributed by atoms with Crippen LogP contribution in [0, 0.1) is 11.8 Å². The van der Waals surface area contributed by atoms with Crippen molar-refractivity contribution in [3.05, 3.63) is 22.4 Å². The van der Waals surface area contributed by atoms with Crippen molar-refractivity contribution in [2.24, 2.45) is 11.8 Å². The van der Waals surface area contributed by atoms with Crippen LogP contribution in [-0.2, 0) is 11.2 Å². The molecule has 6 nitrogen and oxygen atoms in total. The zero-order chi connectivity index (χ0) is 15.0. The van der Waals surface area contributed by atoms with E-state index in [-0.39, 0.29) is 11.6 Å². The lowest BCUT2D eigenvalue weighted by Crippen LogP contribution is -2.29. The van der Waals surface area contributed by atoms with Crippen LogP contribution >= 0.6 is 0 Å². The topological polar surface area (TPSA) is 72.8 Å². The van der Waals surface area contributed by atoms with Gasteiger partial charge in [-0.3, -0.25) is 4.79 Å². The molecule has 1 N–H and O–H groups in total. The Bertz CT molecular complexity index is 689. The molecule has 1 unspecified atom stereocenters. The van der Waals surface area contributed by atoms with Crippen LogP contribution < -0.4 is 5.56 Å². The van der Waals surface area contributed by atoms with E-state index in [9.17, 15) is 4.79 Å². The summed E-state index contributed by atoms with van der Waals surface area (Å²) >= 11 is 0. The van der Waals surface area contributed by atoms with Gasteiger partial charge in [0.15, 0.2) is 5.65 Å². The summed E-state index contributed by atoms with van der Waals surface area (Å²) in [6, 6.07) is 0.248. The minimum atomic E-state index is -0.0957. The zero-order valence-electron chi connectivity index (χ0n) is 12.8. The number of aromatic nitrogens is 4. The van der Waals surface area contributed by atoms with Crippen LogP contribution in [0.3, 0.4) is 0 Å². The van der Waals surface area contributed by atoms with E-state index < -0.39 is 0 Å². The largest absolute Gasteiger partial charge is 0.381 e. The number of hydrogen-bond donors (Lipinski definition) is 1. The summed E-state index contributed by atoms with van der Waals surface area (Å²) in [6.45, 7) is 7.84. The maximum absolute atomic E-state index is 12.2. The molecule has 0 aromatic carbocycles. The van der Waals surface area contributed by atoms with Crippen molar-refractivity contribution in [2.75, 3.05) is 13.2 Å². The predicted octanol–water partition coefficient (Wildman–Crippen LogP) is 1.92. The van der Waals surface area contributed by atoms with Gasteiger partial charge < -0.3 is 9.72 Å². The third-order valence-corrected chi connectivity index (χ3v) is 4.02. The van der Waals surface area contributed by atoms with Crippen LogP contribution in [0.5, 0.6) is 0 Å². The van der Waals surface area contributed by atoms with Crippen molar-refractivity contribution in [3.8, 4) is 0 Å². The smallest absolute Gasteiger partial charge is 0.262 e. The van der Waals surface area contributed by atoms with E-state index in [1.807, 2.05) is 4.68 Å². The Hall–Kier alpha value is -1.69. The van der Waals surface area contributed by atoms with Gasteiger partial charge in [-0.1, -0.05) is 20.8 Å². The van der Waals surface area contributed by atoms with E-state index in [4.69, 9.17) is 4.74 Å². The predicted molar refractivity (Wildman–Crippen MR) is 80.3 cm³/mol. The second-order valence-electron chi connectivity index (χ2n) is 6.35. The molecule has 6 heteroatoms. The molecule has 3 heterocycles. The SMILES string of the molecule is CC(C)Cc1nc2c(cnn2[C@@H]2CCOCC2C)c(=O)[nH]1. The molecular formula is C15H22N4O2. The van der Waals surface area contributed by atoms with Crippen molar-refractivity contribution in [1.29, 1.82) is 0 Å². The summed E-state index contributed by atoms with van der Waals surface area (Å²) in [7, 11) is 0. The number of aromatic amines is 1. The number of nitrogens with one attached hydrogen (secondary N) is 1. The van der Waals surface area contributed by atoms with Crippen molar-refractivity contribution in [3.63, 3.8) is 0 Å². The van der Waals surface area contributed by atoms with E-state index >= 15 is 0 Å². The molecule has 3 rings (SSSR count). The molecule has 2 aromatic heterocycles. The van der Waals surface area contributed by atoms with Crippen LogP contribution in [0.25, 0.3) is 11.0 Å². The van der Waals surface area contributed by atoms with Crippen LogP contribution in [0.1, 0.15) is 39.1 Å². The van der Waals surface area contributed by atoms with Crippen LogP contribution in [-0.4, -0.2) is 33.0 Å². The van der Waals surface area contributed by atoms with Gasteiger partial charge in [-0.15, -0.1) is 0 Å². The molecule has 1 aliphatic heterocycles. The van der Waals surface area contributed by atoms with E-state index in [1.54, 1.807) is 6.20 Å². The van der Waals surface area contributed by atoms with Crippen molar-refractivity contribution >= 4 is 11.0 Å². The van der Waals surface area contributed by atoms with Gasteiger partial charge in [0.1, 0.15) is 11.2 Å². The van der Waals surface area contributed by atoms with E-state index in [2.05, 4.69) is 35.8 Å². The second kappa shape index (κ2) is 5.60. The average molecular weight is 290 g/mol. The minimum Gasteiger partial charge on any atom is -0.381 e. The van der Waals surface area contributed by atoms with Gasteiger partial charge in [-0.2, -0.15) is 5.10 Å². The van der Waals surface area contributed by atoms with Crippen molar-refractivity contribution in [1.82, 2.24) is 19.7 Å². The lowest BCUT2D eigenvalue weighted by atomic mass is 9.98. The Morgan fingerprint density at radius 1 is 1.52 bits per heavy atom. The Morgan fingerprint density at radius 3 is 3.05 bits per heavy atom. The van der Waals surface area contributed by atoms with Gasteiger partial charge in [0.05, 0.1) is 18.8 Å². The fraction of sp³-hybridized carbons (Fsp3) is 0.667. The van der Waals surface area contributed by atoms with E-state index in [0.717, 1.165) is 31.9 Å². The molecule has 1 saturated heterocycles. The standard InChI is InChI=1S/C15H22N4O2/c1-9(2)6-13-17-14-11(15(20)18-13)7-16-19(14)12-4-5-21-8-10(12)3/h7,9-10,12H,4-6,8H2,1-3H3,(H,17,18,20)/t10?,12-/m1/s1. The zero-order valence-corrected chi connectivity index (χ0v) is 12.8. The molecule has 114 valence electrons. The Balaban J connectivity index is 2.07. The van der Waals surface area contributed by atoms with Crippen LogP contribution in [0.2, 0.25) is 0 Å². The van der Waals surface area contributed by atoms with E-state index in [0.29, 0.717) is 22.9 Å². The molecule has 21 heavy (non-hydrogen) atoms. The van der Waals surface area contributed by atoms with Crippen LogP contribution in [0.4, 0.5) is 0 Å². The molecule has 0 radical (unpaired) electrons. The third-order valence-electron chi connectivity index (χ3n) is 4.02. The Morgan fingerprint density at radius 2 is 2.33 bits per heavy atom. The summed E-state index contributed by atoms with van der Waals surface area (Å²) in [5, 5.41) is 5.00. The molecule has 0 aliphatic carbocycles. The highest BCUT2D eigenvalue weighted by Gasteiger charge is 2.26. The molecule has 0 saturated carbocycles. The van der Waals surface area contributed by atoms with E-state index in [1.165, 1.54) is 0 Å². The molecule has 0 bridgehead atoms. The number of nitrogens with zero attached hydrogens (tertiary/aromatic N) is 3. The third kappa shape index (κ3) is 2.72. The number of rotatable bonds is 3. The number of hydrogen-bond acceptors (Lipinski definition) is 4. The summed E-state index contributed by atoms with van der Waals surface area (Å²) < 4.78 is 7.41. The number of H-pyrrole nitrogens is 1. The molecule has 1 fully saturated rings. The molecule has 2 aromatic rings. The monoisotopic (exact) mass is 290 g/mol. The first-order chi connectivity index (χ1) is 10.1. The highest BCUT2D eigenvalue weighted by atomic mass is 16.5. The maximum atomic E-state index is 12.2. The highest BCUT2D eigenvalue weighted by Crippen LogP contribution is 2.28. The fourth-order valence-corrected chi connectivity index (χ4v) is 2.94. The summed E-state index contributed by atoms with van der Waals surface area (Å²) in [6.07, 6.45) is 3.30. The molecule has 0 spiro atoms. The quantitative estimate of drug-likeness (QED) is 0.937. The lowest BCUT2D eigenvalue weighted by molar-refractivity contribution is 0.0262. The summed E-state index contributed by atoms with van der Waals surface area (Å²) in [5.74, 6) is 1.56. The minimum absolute atomic E-state index is 0.0957. The van der Waals surface area contributed by atoms with Gasteiger partial charge in [-0.05, 0) is 12.3 Å². The van der Waals surface area contributed by atoms with Gasteiger partial charge >= 0.3 is 0 Å². The normalized spacial score (nSPS) is 23.0. The first-order valence-electron chi connectivity index (χ1n) is 7.60. The molecule has 2 atom stereocenters. The first-order valence-corrected chi connectivity index (χ1v) is 7.60. The molecular weight excluding hydrogens is 268 g/mol.